The predicted molar refractivity (Wildman–Crippen MR) is 85.4 cm³/mol. The lowest BCUT2D eigenvalue weighted by molar-refractivity contribution is -0.167. The summed E-state index contributed by atoms with van der Waals surface area (Å²) >= 11 is 0. The molecule has 0 aromatic rings. The molecule has 20 heavy (non-hydrogen) atoms. The van der Waals surface area contributed by atoms with Crippen LogP contribution in [0.3, 0.4) is 0 Å². The van der Waals surface area contributed by atoms with E-state index < -0.39 is 0 Å². The van der Waals surface area contributed by atoms with Crippen molar-refractivity contribution in [3.05, 3.63) is 0 Å². The molecule has 0 aliphatic rings. The van der Waals surface area contributed by atoms with Crippen molar-refractivity contribution in [2.45, 2.75) is 98.4 Å². The van der Waals surface area contributed by atoms with Crippen molar-refractivity contribution >= 4 is 5.97 Å². The van der Waals surface area contributed by atoms with E-state index in [4.69, 9.17) is 4.84 Å². The molecular formula is C17H35NO2. The van der Waals surface area contributed by atoms with Crippen molar-refractivity contribution in [2.24, 2.45) is 5.41 Å². The summed E-state index contributed by atoms with van der Waals surface area (Å²) in [6.07, 6.45) is 9.58. The average molecular weight is 285 g/mol. The molecule has 0 aliphatic heterocycles. The van der Waals surface area contributed by atoms with E-state index in [1.54, 1.807) is 0 Å². The van der Waals surface area contributed by atoms with Gasteiger partial charge in [0, 0.05) is 6.04 Å². The first-order chi connectivity index (χ1) is 9.52. The molecule has 0 aromatic heterocycles. The molecule has 0 aliphatic carbocycles. The highest BCUT2D eigenvalue weighted by molar-refractivity contribution is 5.76. The van der Waals surface area contributed by atoms with Crippen LogP contribution in [0.4, 0.5) is 0 Å². The highest BCUT2D eigenvalue weighted by Crippen LogP contribution is 2.37. The number of hydrogen-bond acceptors (Lipinski definition) is 3. The van der Waals surface area contributed by atoms with Crippen LogP contribution in [-0.2, 0) is 9.63 Å². The molecule has 120 valence electrons. The van der Waals surface area contributed by atoms with Crippen LogP contribution in [0.25, 0.3) is 0 Å². The van der Waals surface area contributed by atoms with Crippen LogP contribution in [0, 0.1) is 5.41 Å². The first-order valence-electron chi connectivity index (χ1n) is 8.49. The van der Waals surface area contributed by atoms with Gasteiger partial charge in [-0.2, -0.15) is 5.48 Å². The Hall–Kier alpha value is -0.570. The minimum atomic E-state index is -0.274. The van der Waals surface area contributed by atoms with E-state index in [1.807, 2.05) is 13.8 Å². The molecule has 3 heteroatoms. The summed E-state index contributed by atoms with van der Waals surface area (Å²) in [7, 11) is 0. The summed E-state index contributed by atoms with van der Waals surface area (Å²) in [6, 6.07) is 0.167. The lowest BCUT2D eigenvalue weighted by Gasteiger charge is -2.32. The SMILES string of the molecule is CCCCC(CCCC)(CCCC)C(=O)ONC(C)C. The standard InChI is InChI=1S/C17H35NO2/c1-6-9-12-17(13-10-7-2,14-11-8-3)16(19)20-18-15(4)5/h15,18H,6-14H2,1-5H3. The predicted octanol–water partition coefficient (Wildman–Crippen LogP) is 5.00. The van der Waals surface area contributed by atoms with Crippen LogP contribution in [-0.4, -0.2) is 12.0 Å². The maximum Gasteiger partial charge on any atom is 0.330 e. The third-order valence-corrected chi connectivity index (χ3v) is 3.85. The van der Waals surface area contributed by atoms with Gasteiger partial charge < -0.3 is 4.84 Å². The number of rotatable bonds is 12. The highest BCUT2D eigenvalue weighted by Gasteiger charge is 2.38. The van der Waals surface area contributed by atoms with Gasteiger partial charge in [-0.15, -0.1) is 0 Å². The molecule has 0 atom stereocenters. The van der Waals surface area contributed by atoms with Crippen molar-refractivity contribution < 1.29 is 9.63 Å². The van der Waals surface area contributed by atoms with Crippen LogP contribution < -0.4 is 5.48 Å². The summed E-state index contributed by atoms with van der Waals surface area (Å²) in [6.45, 7) is 10.5. The minimum absolute atomic E-state index is 0.0402. The largest absolute Gasteiger partial charge is 0.370 e. The number of carbonyl (C=O) groups is 1. The van der Waals surface area contributed by atoms with Crippen molar-refractivity contribution in [1.82, 2.24) is 5.48 Å². The van der Waals surface area contributed by atoms with Crippen LogP contribution >= 0.6 is 0 Å². The molecule has 0 fully saturated rings. The molecule has 0 saturated heterocycles. The molecule has 0 aromatic carbocycles. The van der Waals surface area contributed by atoms with Gasteiger partial charge in [-0.05, 0) is 33.1 Å². The molecule has 1 N–H and O–H groups in total. The number of hydrogen-bond donors (Lipinski definition) is 1. The molecule has 0 spiro atoms. The van der Waals surface area contributed by atoms with Gasteiger partial charge in [-0.1, -0.05) is 59.3 Å². The average Bonchev–Trinajstić information content (AvgIpc) is 2.44. The van der Waals surface area contributed by atoms with Gasteiger partial charge in [0.15, 0.2) is 0 Å². The Labute approximate surface area is 125 Å². The fourth-order valence-corrected chi connectivity index (χ4v) is 2.51. The molecule has 0 bridgehead atoms. The molecule has 0 saturated carbocycles. The molecule has 0 heterocycles. The summed E-state index contributed by atoms with van der Waals surface area (Å²) in [5.74, 6) is -0.0402. The van der Waals surface area contributed by atoms with Crippen LogP contribution in [0.2, 0.25) is 0 Å². The second-order valence-electron chi connectivity index (χ2n) is 6.25. The lowest BCUT2D eigenvalue weighted by Crippen LogP contribution is -2.38. The van der Waals surface area contributed by atoms with E-state index in [1.165, 1.54) is 0 Å². The first kappa shape index (κ1) is 19.4. The fourth-order valence-electron chi connectivity index (χ4n) is 2.51. The summed E-state index contributed by atoms with van der Waals surface area (Å²) in [5, 5.41) is 0. The van der Waals surface area contributed by atoms with Crippen molar-refractivity contribution in [1.29, 1.82) is 0 Å². The van der Waals surface area contributed by atoms with Gasteiger partial charge >= 0.3 is 5.97 Å². The normalized spacial score (nSPS) is 11.9. The molecule has 0 radical (unpaired) electrons. The Morgan fingerprint density at radius 2 is 1.35 bits per heavy atom. The monoisotopic (exact) mass is 285 g/mol. The van der Waals surface area contributed by atoms with Gasteiger partial charge in [0.1, 0.15) is 0 Å². The zero-order chi connectivity index (χ0) is 15.4. The van der Waals surface area contributed by atoms with E-state index in [-0.39, 0.29) is 17.4 Å². The number of nitrogens with one attached hydrogen (secondary N) is 1. The van der Waals surface area contributed by atoms with E-state index in [9.17, 15) is 4.79 Å². The molecule has 0 rings (SSSR count). The third-order valence-electron chi connectivity index (χ3n) is 3.85. The van der Waals surface area contributed by atoms with Gasteiger partial charge in [-0.3, -0.25) is 0 Å². The van der Waals surface area contributed by atoms with Crippen molar-refractivity contribution in [3.63, 3.8) is 0 Å². The quantitative estimate of drug-likeness (QED) is 0.513. The fraction of sp³-hybridized carbons (Fsp3) is 0.941. The van der Waals surface area contributed by atoms with Gasteiger partial charge in [-0.25, -0.2) is 4.79 Å². The minimum Gasteiger partial charge on any atom is -0.370 e. The Kier molecular flexibility index (Phi) is 10.8. The van der Waals surface area contributed by atoms with E-state index in [0.29, 0.717) is 0 Å². The van der Waals surface area contributed by atoms with Gasteiger partial charge in [0.25, 0.3) is 0 Å². The topological polar surface area (TPSA) is 38.3 Å². The lowest BCUT2D eigenvalue weighted by atomic mass is 9.74. The highest BCUT2D eigenvalue weighted by atomic mass is 16.7. The maximum absolute atomic E-state index is 12.6. The Balaban J connectivity index is 4.85. The summed E-state index contributed by atoms with van der Waals surface area (Å²) in [4.78, 5) is 18.0. The maximum atomic E-state index is 12.6. The zero-order valence-corrected chi connectivity index (χ0v) is 14.3. The first-order valence-corrected chi connectivity index (χ1v) is 8.49. The Bertz CT molecular complexity index is 230. The molecule has 3 nitrogen and oxygen atoms in total. The zero-order valence-electron chi connectivity index (χ0n) is 14.3. The van der Waals surface area contributed by atoms with Gasteiger partial charge in [0.2, 0.25) is 0 Å². The third kappa shape index (κ3) is 7.28. The van der Waals surface area contributed by atoms with E-state index >= 15 is 0 Å². The van der Waals surface area contributed by atoms with Crippen molar-refractivity contribution in [3.8, 4) is 0 Å². The molecular weight excluding hydrogens is 250 g/mol. The van der Waals surface area contributed by atoms with E-state index in [0.717, 1.165) is 57.8 Å². The Morgan fingerprint density at radius 3 is 1.65 bits per heavy atom. The van der Waals surface area contributed by atoms with Crippen LogP contribution in [0.5, 0.6) is 0 Å². The second-order valence-corrected chi connectivity index (χ2v) is 6.25. The molecule has 0 unspecified atom stereocenters. The second kappa shape index (κ2) is 11.1. The van der Waals surface area contributed by atoms with Gasteiger partial charge in [0.05, 0.1) is 5.41 Å². The van der Waals surface area contributed by atoms with Crippen LogP contribution in [0.15, 0.2) is 0 Å². The summed E-state index contributed by atoms with van der Waals surface area (Å²) in [5.41, 5.74) is 2.56. The summed E-state index contributed by atoms with van der Waals surface area (Å²) < 4.78 is 0. The van der Waals surface area contributed by atoms with Crippen LogP contribution in [0.1, 0.15) is 92.4 Å². The van der Waals surface area contributed by atoms with Crippen molar-refractivity contribution in [2.75, 3.05) is 0 Å². The Morgan fingerprint density at radius 1 is 0.950 bits per heavy atom. The number of hydroxylamine groups is 1. The number of unbranched alkanes of at least 4 members (excludes halogenated alkanes) is 3. The van der Waals surface area contributed by atoms with E-state index in [2.05, 4.69) is 26.3 Å². The molecule has 0 amide bonds. The number of carbonyl (C=O) groups excluding carboxylic acids is 1. The smallest absolute Gasteiger partial charge is 0.330 e.